The smallest absolute Gasteiger partial charge is 0.315 e. The number of amides is 2. The van der Waals surface area contributed by atoms with Crippen molar-refractivity contribution in [1.29, 1.82) is 0 Å². The zero-order valence-electron chi connectivity index (χ0n) is 15.6. The zero-order valence-corrected chi connectivity index (χ0v) is 16.4. The number of hydrogen-bond acceptors (Lipinski definition) is 4. The second-order valence-electron chi connectivity index (χ2n) is 6.85. The van der Waals surface area contributed by atoms with Gasteiger partial charge >= 0.3 is 5.91 Å². The van der Waals surface area contributed by atoms with E-state index in [1.807, 2.05) is 46.9 Å². The Morgan fingerprint density at radius 2 is 2.00 bits per heavy atom. The summed E-state index contributed by atoms with van der Waals surface area (Å²) < 4.78 is 7.06. The van der Waals surface area contributed by atoms with Crippen LogP contribution < -0.4 is 4.80 Å². The van der Waals surface area contributed by atoms with Gasteiger partial charge in [0.1, 0.15) is 0 Å². The van der Waals surface area contributed by atoms with Gasteiger partial charge in [-0.3, -0.25) is 9.59 Å². The van der Waals surface area contributed by atoms with E-state index < -0.39 is 5.91 Å². The predicted molar refractivity (Wildman–Crippen MR) is 106 cm³/mol. The topological polar surface area (TPSA) is 67.8 Å². The number of aromatic nitrogens is 1. The number of benzene rings is 1. The third-order valence-electron chi connectivity index (χ3n) is 4.68. The summed E-state index contributed by atoms with van der Waals surface area (Å²) in [5, 5.41) is 0. The molecule has 0 radical (unpaired) electrons. The number of nitrogens with zero attached hydrogens (tertiary/aromatic N) is 3. The van der Waals surface area contributed by atoms with Crippen molar-refractivity contribution < 1.29 is 14.0 Å². The van der Waals surface area contributed by atoms with Crippen LogP contribution in [0.3, 0.4) is 0 Å². The van der Waals surface area contributed by atoms with Gasteiger partial charge in [-0.15, -0.1) is 11.3 Å². The zero-order chi connectivity index (χ0) is 19.5. The number of thiazole rings is 1. The second-order valence-corrected chi connectivity index (χ2v) is 8.06. The molecule has 6 nitrogen and oxygen atoms in total. The summed E-state index contributed by atoms with van der Waals surface area (Å²) in [5.74, 6) is -0.0990. The fourth-order valence-corrected chi connectivity index (χ4v) is 4.18. The molecule has 0 spiro atoms. The lowest BCUT2D eigenvalue weighted by molar-refractivity contribution is 0.0792. The molecule has 28 heavy (non-hydrogen) atoms. The highest BCUT2D eigenvalue weighted by atomic mass is 32.1. The lowest BCUT2D eigenvalue weighted by atomic mass is 10.1. The van der Waals surface area contributed by atoms with Crippen molar-refractivity contribution in [3.8, 4) is 0 Å². The highest BCUT2D eigenvalue weighted by Gasteiger charge is 2.19. The average molecular weight is 395 g/mol. The van der Waals surface area contributed by atoms with Gasteiger partial charge < -0.3 is 13.9 Å². The first-order chi connectivity index (χ1) is 13.6. The summed E-state index contributed by atoms with van der Waals surface area (Å²) in [6.45, 7) is 4.18. The lowest BCUT2D eigenvalue weighted by Gasteiger charge is -2.15. The first kappa shape index (κ1) is 18.4. The van der Waals surface area contributed by atoms with Crippen molar-refractivity contribution >= 4 is 23.2 Å². The van der Waals surface area contributed by atoms with E-state index >= 15 is 0 Å². The fourth-order valence-electron chi connectivity index (χ4n) is 3.35. The van der Waals surface area contributed by atoms with Crippen LogP contribution in [0.4, 0.5) is 0 Å². The summed E-state index contributed by atoms with van der Waals surface area (Å²) in [4.78, 5) is 32.7. The van der Waals surface area contributed by atoms with Crippen LogP contribution in [0.25, 0.3) is 0 Å². The highest BCUT2D eigenvalue weighted by Crippen LogP contribution is 2.15. The lowest BCUT2D eigenvalue weighted by Crippen LogP contribution is -2.27. The third kappa shape index (κ3) is 3.99. The summed E-state index contributed by atoms with van der Waals surface area (Å²) in [6, 6.07) is 10.9. The van der Waals surface area contributed by atoms with Crippen LogP contribution in [0.2, 0.25) is 0 Å². The van der Waals surface area contributed by atoms with Gasteiger partial charge in [0, 0.05) is 36.3 Å². The molecule has 3 aromatic rings. The number of rotatable bonds is 4. The molecule has 0 atom stereocenters. The van der Waals surface area contributed by atoms with Crippen molar-refractivity contribution in [2.24, 2.45) is 4.99 Å². The van der Waals surface area contributed by atoms with Crippen LogP contribution in [-0.2, 0) is 6.54 Å². The van der Waals surface area contributed by atoms with E-state index in [0.29, 0.717) is 16.9 Å². The minimum absolute atomic E-state index is 0.0868. The molecule has 1 aromatic carbocycles. The molecule has 2 amide bonds. The van der Waals surface area contributed by atoms with Gasteiger partial charge in [0.2, 0.25) is 0 Å². The number of carbonyl (C=O) groups excluding carboxylic acids is 2. The Labute approximate surface area is 166 Å². The van der Waals surface area contributed by atoms with Crippen LogP contribution in [0.5, 0.6) is 0 Å². The van der Waals surface area contributed by atoms with E-state index in [4.69, 9.17) is 4.42 Å². The van der Waals surface area contributed by atoms with Crippen molar-refractivity contribution in [1.82, 2.24) is 9.47 Å². The standard InChI is InChI=1S/C21H21N3O3S/c1-15-13-24(21(28-15)22-19(25)18-8-5-11-27-18)14-16-6-4-7-17(12-16)20(26)23-9-2-3-10-23/h4-8,11-13H,2-3,9-10,14H2,1H3. The van der Waals surface area contributed by atoms with E-state index in [-0.39, 0.29) is 11.7 Å². The Bertz CT molecular complexity index is 1060. The first-order valence-electron chi connectivity index (χ1n) is 9.28. The highest BCUT2D eigenvalue weighted by molar-refractivity contribution is 7.09. The molecule has 1 aliphatic heterocycles. The summed E-state index contributed by atoms with van der Waals surface area (Å²) in [5.41, 5.74) is 1.70. The van der Waals surface area contributed by atoms with Gasteiger partial charge in [-0.2, -0.15) is 4.99 Å². The summed E-state index contributed by atoms with van der Waals surface area (Å²) >= 11 is 1.45. The number of likely N-dealkylation sites (tertiary alicyclic amines) is 1. The minimum atomic E-state index is -0.404. The van der Waals surface area contributed by atoms with E-state index in [9.17, 15) is 9.59 Å². The minimum Gasteiger partial charge on any atom is -0.459 e. The van der Waals surface area contributed by atoms with Crippen molar-refractivity contribution in [2.45, 2.75) is 26.3 Å². The van der Waals surface area contributed by atoms with E-state index in [1.54, 1.807) is 12.1 Å². The Kier molecular flexibility index (Phi) is 5.25. The number of aryl methyl sites for hydroxylation is 1. The Balaban J connectivity index is 1.59. The third-order valence-corrected chi connectivity index (χ3v) is 5.62. The van der Waals surface area contributed by atoms with Crippen molar-refractivity contribution in [3.63, 3.8) is 0 Å². The monoisotopic (exact) mass is 395 g/mol. The summed E-state index contributed by atoms with van der Waals surface area (Å²) in [7, 11) is 0. The molecule has 0 aliphatic carbocycles. The van der Waals surface area contributed by atoms with Gasteiger partial charge in [0.15, 0.2) is 10.6 Å². The fraction of sp³-hybridized carbons (Fsp3) is 0.286. The molecule has 144 valence electrons. The average Bonchev–Trinajstić information content (AvgIpc) is 3.44. The van der Waals surface area contributed by atoms with Gasteiger partial charge in [-0.1, -0.05) is 12.1 Å². The molecule has 7 heteroatoms. The number of hydrogen-bond donors (Lipinski definition) is 0. The molecule has 1 saturated heterocycles. The molecule has 1 fully saturated rings. The van der Waals surface area contributed by atoms with E-state index in [2.05, 4.69) is 4.99 Å². The molecule has 0 N–H and O–H groups in total. The molecule has 1 aliphatic rings. The molecular formula is C21H21N3O3S. The largest absolute Gasteiger partial charge is 0.459 e. The van der Waals surface area contributed by atoms with Crippen LogP contribution in [-0.4, -0.2) is 34.4 Å². The number of furan rings is 1. The molecule has 0 unspecified atom stereocenters. The second kappa shape index (κ2) is 7.98. The predicted octanol–water partition coefficient (Wildman–Crippen LogP) is 3.48. The quantitative estimate of drug-likeness (QED) is 0.679. The van der Waals surface area contributed by atoms with Crippen LogP contribution in [0.15, 0.2) is 58.3 Å². The van der Waals surface area contributed by atoms with Crippen LogP contribution >= 0.6 is 11.3 Å². The van der Waals surface area contributed by atoms with Gasteiger partial charge in [0.05, 0.1) is 6.26 Å². The Morgan fingerprint density at radius 3 is 2.75 bits per heavy atom. The van der Waals surface area contributed by atoms with Crippen molar-refractivity contribution in [3.05, 3.63) is 75.4 Å². The van der Waals surface area contributed by atoms with E-state index in [0.717, 1.165) is 36.4 Å². The normalized spacial score (nSPS) is 14.6. The molecule has 3 heterocycles. The number of carbonyl (C=O) groups is 2. The first-order valence-corrected chi connectivity index (χ1v) is 10.1. The molecule has 0 bridgehead atoms. The summed E-state index contributed by atoms with van der Waals surface area (Å²) in [6.07, 6.45) is 5.57. The molecule has 0 saturated carbocycles. The molecular weight excluding hydrogens is 374 g/mol. The maximum atomic E-state index is 12.6. The maximum absolute atomic E-state index is 12.6. The maximum Gasteiger partial charge on any atom is 0.315 e. The SMILES string of the molecule is Cc1cn(Cc2cccc(C(=O)N3CCCC3)c2)c(=NC(=O)c2ccco2)s1. The van der Waals surface area contributed by atoms with Crippen LogP contribution in [0.1, 0.15) is 44.2 Å². The van der Waals surface area contributed by atoms with Gasteiger partial charge in [0.25, 0.3) is 5.91 Å². The van der Waals surface area contributed by atoms with E-state index in [1.165, 1.54) is 17.6 Å². The van der Waals surface area contributed by atoms with Crippen LogP contribution in [0, 0.1) is 6.92 Å². The van der Waals surface area contributed by atoms with Crippen molar-refractivity contribution in [2.75, 3.05) is 13.1 Å². The Hall–Kier alpha value is -2.93. The van der Waals surface area contributed by atoms with Gasteiger partial charge in [-0.05, 0) is 49.6 Å². The molecule has 4 rings (SSSR count). The molecule has 2 aromatic heterocycles. The Morgan fingerprint density at radius 1 is 1.18 bits per heavy atom. The van der Waals surface area contributed by atoms with Gasteiger partial charge in [-0.25, -0.2) is 0 Å².